The molecule has 0 aliphatic heterocycles. The van der Waals surface area contributed by atoms with Crippen LogP contribution in [-0.2, 0) is 6.42 Å². The number of methoxy groups -OCH3 is 2. The van der Waals surface area contributed by atoms with E-state index >= 15 is 0 Å². The summed E-state index contributed by atoms with van der Waals surface area (Å²) in [6, 6.07) is 3.70. The van der Waals surface area contributed by atoms with Crippen LogP contribution in [0.2, 0.25) is 0 Å². The van der Waals surface area contributed by atoms with Crippen LogP contribution in [0.15, 0.2) is 23.8 Å². The van der Waals surface area contributed by atoms with Gasteiger partial charge in [0.05, 0.1) is 24.5 Å². The van der Waals surface area contributed by atoms with E-state index in [1.165, 1.54) is 6.33 Å². The Morgan fingerprint density at radius 3 is 2.89 bits per heavy atom. The van der Waals surface area contributed by atoms with Gasteiger partial charge in [-0.2, -0.15) is 0 Å². The number of hydrogen-bond acceptors (Lipinski definition) is 5. The molecule has 96 valence electrons. The summed E-state index contributed by atoms with van der Waals surface area (Å²) in [6.45, 7) is 0. The molecule has 2 aromatic heterocycles. The average molecular weight is 285 g/mol. The normalized spacial score (nSPS) is 12.2. The van der Waals surface area contributed by atoms with E-state index in [-0.39, 0.29) is 5.38 Å². The summed E-state index contributed by atoms with van der Waals surface area (Å²) in [7, 11) is 3.22. The van der Waals surface area contributed by atoms with Gasteiger partial charge in [-0.05, 0) is 11.4 Å². The van der Waals surface area contributed by atoms with Gasteiger partial charge in [-0.25, -0.2) is 9.97 Å². The number of nitrogens with zero attached hydrogens (tertiary/aromatic N) is 2. The first-order chi connectivity index (χ1) is 8.74. The minimum absolute atomic E-state index is 0.167. The van der Waals surface area contributed by atoms with Crippen LogP contribution in [0.5, 0.6) is 11.6 Å². The van der Waals surface area contributed by atoms with Gasteiger partial charge < -0.3 is 9.47 Å². The lowest BCUT2D eigenvalue weighted by Crippen LogP contribution is -2.00. The first-order valence-corrected chi connectivity index (χ1v) is 6.66. The van der Waals surface area contributed by atoms with Gasteiger partial charge in [-0.1, -0.05) is 0 Å². The van der Waals surface area contributed by atoms with Crippen molar-refractivity contribution in [1.29, 1.82) is 0 Å². The topological polar surface area (TPSA) is 44.2 Å². The number of thiophene rings is 1. The molecule has 2 rings (SSSR count). The molecule has 0 saturated heterocycles. The van der Waals surface area contributed by atoms with E-state index < -0.39 is 0 Å². The molecule has 0 aliphatic rings. The Morgan fingerprint density at radius 2 is 2.17 bits per heavy atom. The molecule has 0 saturated carbocycles. The van der Waals surface area contributed by atoms with Crippen molar-refractivity contribution < 1.29 is 9.47 Å². The van der Waals surface area contributed by atoms with Gasteiger partial charge in [-0.3, -0.25) is 0 Å². The van der Waals surface area contributed by atoms with Crippen LogP contribution in [0.25, 0.3) is 0 Å². The second-order valence-electron chi connectivity index (χ2n) is 3.58. The number of rotatable bonds is 5. The van der Waals surface area contributed by atoms with Gasteiger partial charge in [0.2, 0.25) is 5.88 Å². The summed E-state index contributed by atoms with van der Waals surface area (Å²) >= 11 is 7.97. The standard InChI is InChI=1S/C12H13ClN2O2S/c1-16-10-3-4-18-12(10)9(13)5-8-6-11(17-2)15-7-14-8/h3-4,6-7,9H,5H2,1-2H3. The molecule has 0 radical (unpaired) electrons. The number of ether oxygens (including phenoxy) is 2. The van der Waals surface area contributed by atoms with Crippen LogP contribution >= 0.6 is 22.9 Å². The first kappa shape index (κ1) is 13.1. The number of hydrogen-bond donors (Lipinski definition) is 0. The predicted molar refractivity (Wildman–Crippen MR) is 71.8 cm³/mol. The zero-order valence-corrected chi connectivity index (χ0v) is 11.7. The Bertz CT molecular complexity index is 518. The molecule has 0 bridgehead atoms. The first-order valence-electron chi connectivity index (χ1n) is 5.35. The van der Waals surface area contributed by atoms with E-state index in [9.17, 15) is 0 Å². The molecule has 0 fully saturated rings. The Hall–Kier alpha value is -1.33. The molecule has 18 heavy (non-hydrogen) atoms. The van der Waals surface area contributed by atoms with Crippen LogP contribution in [0.4, 0.5) is 0 Å². The lowest BCUT2D eigenvalue weighted by atomic mass is 10.2. The van der Waals surface area contributed by atoms with E-state index in [1.54, 1.807) is 31.6 Å². The van der Waals surface area contributed by atoms with Crippen LogP contribution in [0.3, 0.4) is 0 Å². The summed E-state index contributed by atoms with van der Waals surface area (Å²) in [5, 5.41) is 1.80. The SMILES string of the molecule is COc1cc(CC(Cl)c2sccc2OC)ncn1. The highest BCUT2D eigenvalue weighted by atomic mass is 35.5. The van der Waals surface area contributed by atoms with E-state index in [4.69, 9.17) is 21.1 Å². The van der Waals surface area contributed by atoms with Crippen molar-refractivity contribution >= 4 is 22.9 Å². The monoisotopic (exact) mass is 284 g/mol. The highest BCUT2D eigenvalue weighted by Gasteiger charge is 2.16. The molecule has 2 aromatic rings. The largest absolute Gasteiger partial charge is 0.496 e. The fourth-order valence-electron chi connectivity index (χ4n) is 1.58. The van der Waals surface area contributed by atoms with Crippen molar-refractivity contribution in [3.05, 3.63) is 34.4 Å². The van der Waals surface area contributed by atoms with Crippen molar-refractivity contribution in [3.8, 4) is 11.6 Å². The Balaban J connectivity index is 2.13. The molecule has 4 nitrogen and oxygen atoms in total. The van der Waals surface area contributed by atoms with Crippen LogP contribution in [0, 0.1) is 0 Å². The van der Waals surface area contributed by atoms with Gasteiger partial charge in [0.15, 0.2) is 0 Å². The quantitative estimate of drug-likeness (QED) is 0.792. The van der Waals surface area contributed by atoms with E-state index in [2.05, 4.69) is 9.97 Å². The highest BCUT2D eigenvalue weighted by Crippen LogP contribution is 2.36. The smallest absolute Gasteiger partial charge is 0.216 e. The van der Waals surface area contributed by atoms with Crippen molar-refractivity contribution in [2.75, 3.05) is 14.2 Å². The lowest BCUT2D eigenvalue weighted by Gasteiger charge is -2.09. The molecule has 0 amide bonds. The third-order valence-corrected chi connectivity index (χ3v) is 3.97. The molecule has 1 unspecified atom stereocenters. The second-order valence-corrected chi connectivity index (χ2v) is 5.05. The molecule has 0 aromatic carbocycles. The van der Waals surface area contributed by atoms with Gasteiger partial charge in [0.1, 0.15) is 12.1 Å². The van der Waals surface area contributed by atoms with Crippen molar-refractivity contribution in [1.82, 2.24) is 9.97 Å². The number of alkyl halides is 1. The summed E-state index contributed by atoms with van der Waals surface area (Å²) in [6.07, 6.45) is 2.08. The Kier molecular flexibility index (Phi) is 4.38. The summed E-state index contributed by atoms with van der Waals surface area (Å²) in [5.74, 6) is 1.36. The summed E-state index contributed by atoms with van der Waals surface area (Å²) < 4.78 is 10.3. The van der Waals surface area contributed by atoms with Crippen molar-refractivity contribution in [2.24, 2.45) is 0 Å². The minimum atomic E-state index is -0.167. The van der Waals surface area contributed by atoms with Crippen molar-refractivity contribution in [2.45, 2.75) is 11.8 Å². The van der Waals surface area contributed by atoms with E-state index in [0.29, 0.717) is 12.3 Å². The van der Waals surface area contributed by atoms with Crippen LogP contribution in [0.1, 0.15) is 15.9 Å². The third-order valence-electron chi connectivity index (χ3n) is 2.46. The highest BCUT2D eigenvalue weighted by molar-refractivity contribution is 7.10. The average Bonchev–Trinajstić information content (AvgIpc) is 2.87. The Labute approximate surface area is 115 Å². The van der Waals surface area contributed by atoms with Crippen LogP contribution < -0.4 is 9.47 Å². The van der Waals surface area contributed by atoms with Gasteiger partial charge >= 0.3 is 0 Å². The maximum atomic E-state index is 6.39. The predicted octanol–water partition coefficient (Wildman–Crippen LogP) is 3.08. The van der Waals surface area contributed by atoms with Crippen molar-refractivity contribution in [3.63, 3.8) is 0 Å². The van der Waals surface area contributed by atoms with Gasteiger partial charge in [0, 0.05) is 18.2 Å². The minimum Gasteiger partial charge on any atom is -0.496 e. The van der Waals surface area contributed by atoms with Gasteiger partial charge in [-0.15, -0.1) is 22.9 Å². The number of aromatic nitrogens is 2. The molecule has 6 heteroatoms. The molecule has 2 heterocycles. The molecular weight excluding hydrogens is 272 g/mol. The fraction of sp³-hybridized carbons (Fsp3) is 0.333. The maximum absolute atomic E-state index is 6.39. The Morgan fingerprint density at radius 1 is 1.33 bits per heavy atom. The molecule has 1 atom stereocenters. The molecule has 0 aliphatic carbocycles. The lowest BCUT2D eigenvalue weighted by molar-refractivity contribution is 0.395. The van der Waals surface area contributed by atoms with E-state index in [1.807, 2.05) is 11.4 Å². The second kappa shape index (κ2) is 6.02. The van der Waals surface area contributed by atoms with E-state index in [0.717, 1.165) is 16.3 Å². The van der Waals surface area contributed by atoms with Gasteiger partial charge in [0.25, 0.3) is 0 Å². The third kappa shape index (κ3) is 2.91. The molecule has 0 N–H and O–H groups in total. The molecular formula is C12H13ClN2O2S. The zero-order valence-electron chi connectivity index (χ0n) is 10.1. The fourth-order valence-corrected chi connectivity index (χ4v) is 2.84. The maximum Gasteiger partial charge on any atom is 0.216 e. The zero-order chi connectivity index (χ0) is 13.0. The summed E-state index contributed by atoms with van der Waals surface area (Å²) in [4.78, 5) is 9.15. The molecule has 0 spiro atoms. The number of halogens is 1. The van der Waals surface area contributed by atoms with Crippen LogP contribution in [-0.4, -0.2) is 24.2 Å². The summed E-state index contributed by atoms with van der Waals surface area (Å²) in [5.41, 5.74) is 0.845.